The number of benzene rings is 1. The number of hydrogen-bond donors (Lipinski definition) is 0. The zero-order valence-electron chi connectivity index (χ0n) is 16.1. The van der Waals surface area contributed by atoms with Crippen LogP contribution >= 0.6 is 0 Å². The molecule has 3 rings (SSSR count). The first-order chi connectivity index (χ1) is 12.7. The van der Waals surface area contributed by atoms with Crippen molar-refractivity contribution in [3.8, 4) is 17.2 Å². The minimum atomic E-state index is 0.272. The van der Waals surface area contributed by atoms with Crippen molar-refractivity contribution in [2.45, 2.75) is 45.2 Å². The lowest BCUT2D eigenvalue weighted by Gasteiger charge is -2.28. The van der Waals surface area contributed by atoms with Crippen LogP contribution in [0.2, 0.25) is 0 Å². The lowest BCUT2D eigenvalue weighted by atomic mass is 10.1. The average molecular weight is 360 g/mol. The lowest BCUT2D eigenvalue weighted by Crippen LogP contribution is -2.28. The van der Waals surface area contributed by atoms with Crippen molar-refractivity contribution < 1.29 is 18.7 Å². The van der Waals surface area contributed by atoms with E-state index in [9.17, 15) is 0 Å². The Hall–Kier alpha value is -2.21. The molecule has 2 aromatic rings. The zero-order chi connectivity index (χ0) is 18.5. The Bertz CT molecular complexity index is 703. The van der Waals surface area contributed by atoms with Crippen LogP contribution in [0.4, 0.5) is 0 Å². The van der Waals surface area contributed by atoms with Crippen LogP contribution in [-0.4, -0.2) is 37.9 Å². The molecule has 2 heterocycles. The van der Waals surface area contributed by atoms with Crippen LogP contribution in [-0.2, 0) is 6.54 Å². The molecule has 1 aliphatic heterocycles. The first-order valence-electron chi connectivity index (χ1n) is 9.12. The van der Waals surface area contributed by atoms with Gasteiger partial charge in [-0.1, -0.05) is 18.0 Å². The van der Waals surface area contributed by atoms with E-state index in [4.69, 9.17) is 18.7 Å². The van der Waals surface area contributed by atoms with E-state index in [1.54, 1.807) is 21.3 Å². The molecule has 0 radical (unpaired) electrons. The van der Waals surface area contributed by atoms with E-state index in [-0.39, 0.29) is 6.04 Å². The molecular formula is C20H28N2O4. The maximum atomic E-state index is 5.50. The Labute approximate surface area is 155 Å². The molecule has 1 aromatic carbocycles. The highest BCUT2D eigenvalue weighted by Gasteiger charge is 2.26. The molecule has 0 spiro atoms. The summed E-state index contributed by atoms with van der Waals surface area (Å²) in [5.41, 5.74) is 2.16. The van der Waals surface area contributed by atoms with E-state index in [1.165, 1.54) is 19.3 Å². The molecule has 0 N–H and O–H groups in total. The summed E-state index contributed by atoms with van der Waals surface area (Å²) >= 11 is 0. The summed E-state index contributed by atoms with van der Waals surface area (Å²) in [5.74, 6) is 2.85. The first kappa shape index (κ1) is 18.6. The van der Waals surface area contributed by atoms with Gasteiger partial charge in [0.15, 0.2) is 11.5 Å². The summed E-state index contributed by atoms with van der Waals surface area (Å²) in [6, 6.07) is 6.38. The van der Waals surface area contributed by atoms with Crippen LogP contribution in [0, 0.1) is 6.92 Å². The summed E-state index contributed by atoms with van der Waals surface area (Å²) in [6.07, 6.45) is 4.75. The average Bonchev–Trinajstić information content (AvgIpc) is 2.95. The summed E-state index contributed by atoms with van der Waals surface area (Å²) in [5, 5.41) is 4.28. The predicted molar refractivity (Wildman–Crippen MR) is 99.0 cm³/mol. The van der Waals surface area contributed by atoms with Crippen LogP contribution in [0.3, 0.4) is 0 Å². The Morgan fingerprint density at radius 1 is 1.04 bits per heavy atom. The third-order valence-electron chi connectivity index (χ3n) is 4.96. The molecule has 26 heavy (non-hydrogen) atoms. The SMILES string of the molecule is COc1cc(CN2CCCCCC2c2cc(C)on2)cc(OC)c1OC. The summed E-state index contributed by atoms with van der Waals surface area (Å²) in [7, 11) is 4.92. The van der Waals surface area contributed by atoms with Crippen LogP contribution in [0.15, 0.2) is 22.7 Å². The second-order valence-electron chi connectivity index (χ2n) is 6.73. The van der Waals surface area contributed by atoms with Crippen LogP contribution in [0.5, 0.6) is 17.2 Å². The molecule has 1 unspecified atom stereocenters. The standard InChI is InChI=1S/C20H28N2O4/c1-14-10-16(21-26-14)17-8-6-5-7-9-22(17)13-15-11-18(23-2)20(25-4)19(12-15)24-3/h10-12,17H,5-9,13H2,1-4H3. The van der Waals surface area contributed by atoms with Gasteiger partial charge >= 0.3 is 0 Å². The highest BCUT2D eigenvalue weighted by atomic mass is 16.5. The summed E-state index contributed by atoms with van der Waals surface area (Å²) < 4.78 is 21.8. The smallest absolute Gasteiger partial charge is 0.203 e. The maximum absolute atomic E-state index is 5.50. The molecule has 1 saturated heterocycles. The number of ether oxygens (including phenoxy) is 3. The molecule has 0 aliphatic carbocycles. The number of aryl methyl sites for hydroxylation is 1. The van der Waals surface area contributed by atoms with Crippen molar-refractivity contribution in [3.05, 3.63) is 35.2 Å². The molecule has 1 fully saturated rings. The Morgan fingerprint density at radius 3 is 2.35 bits per heavy atom. The minimum absolute atomic E-state index is 0.272. The Kier molecular flexibility index (Phi) is 6.04. The predicted octanol–water partition coefficient (Wildman–Crippen LogP) is 4.13. The van der Waals surface area contributed by atoms with E-state index < -0.39 is 0 Å². The van der Waals surface area contributed by atoms with Gasteiger partial charge in [-0.05, 0) is 44.0 Å². The highest BCUT2D eigenvalue weighted by Crippen LogP contribution is 2.39. The van der Waals surface area contributed by atoms with Crippen molar-refractivity contribution >= 4 is 0 Å². The van der Waals surface area contributed by atoms with Gasteiger partial charge in [0.1, 0.15) is 11.5 Å². The highest BCUT2D eigenvalue weighted by molar-refractivity contribution is 5.53. The van der Waals surface area contributed by atoms with Gasteiger partial charge < -0.3 is 18.7 Å². The number of hydrogen-bond acceptors (Lipinski definition) is 6. The normalized spacial score (nSPS) is 18.4. The number of rotatable bonds is 6. The molecular weight excluding hydrogens is 332 g/mol. The molecule has 142 valence electrons. The molecule has 1 aliphatic rings. The van der Waals surface area contributed by atoms with E-state index in [2.05, 4.69) is 16.1 Å². The quantitative estimate of drug-likeness (QED) is 0.772. The Morgan fingerprint density at radius 2 is 1.77 bits per heavy atom. The van der Waals surface area contributed by atoms with Crippen molar-refractivity contribution in [1.29, 1.82) is 0 Å². The molecule has 0 amide bonds. The largest absolute Gasteiger partial charge is 0.493 e. The van der Waals surface area contributed by atoms with Gasteiger partial charge in [-0.25, -0.2) is 0 Å². The maximum Gasteiger partial charge on any atom is 0.203 e. The number of nitrogens with zero attached hydrogens (tertiary/aromatic N) is 2. The monoisotopic (exact) mass is 360 g/mol. The number of aromatic nitrogens is 1. The van der Waals surface area contributed by atoms with Crippen LogP contribution in [0.25, 0.3) is 0 Å². The van der Waals surface area contributed by atoms with E-state index >= 15 is 0 Å². The summed E-state index contributed by atoms with van der Waals surface area (Å²) in [6.45, 7) is 3.78. The van der Waals surface area contributed by atoms with Crippen molar-refractivity contribution in [1.82, 2.24) is 10.1 Å². The molecule has 1 atom stereocenters. The fourth-order valence-corrected chi connectivity index (χ4v) is 3.70. The van der Waals surface area contributed by atoms with E-state index in [0.717, 1.165) is 36.5 Å². The third-order valence-corrected chi connectivity index (χ3v) is 4.96. The topological polar surface area (TPSA) is 57.0 Å². The molecule has 1 aromatic heterocycles. The van der Waals surface area contributed by atoms with Crippen molar-refractivity contribution in [3.63, 3.8) is 0 Å². The van der Waals surface area contributed by atoms with E-state index in [0.29, 0.717) is 17.2 Å². The molecule has 6 nitrogen and oxygen atoms in total. The van der Waals surface area contributed by atoms with Gasteiger partial charge in [0, 0.05) is 12.6 Å². The minimum Gasteiger partial charge on any atom is -0.493 e. The van der Waals surface area contributed by atoms with Crippen molar-refractivity contribution in [2.75, 3.05) is 27.9 Å². The fourth-order valence-electron chi connectivity index (χ4n) is 3.70. The van der Waals surface area contributed by atoms with Crippen LogP contribution < -0.4 is 14.2 Å². The van der Waals surface area contributed by atoms with Gasteiger partial charge in [0.25, 0.3) is 0 Å². The van der Waals surface area contributed by atoms with Gasteiger partial charge in [-0.3, -0.25) is 4.90 Å². The van der Waals surface area contributed by atoms with Crippen LogP contribution in [0.1, 0.15) is 48.7 Å². The number of likely N-dealkylation sites (tertiary alicyclic amines) is 1. The number of methoxy groups -OCH3 is 3. The van der Waals surface area contributed by atoms with Gasteiger partial charge in [0.05, 0.1) is 27.4 Å². The van der Waals surface area contributed by atoms with Gasteiger partial charge in [-0.2, -0.15) is 0 Å². The second-order valence-corrected chi connectivity index (χ2v) is 6.73. The first-order valence-corrected chi connectivity index (χ1v) is 9.12. The second kappa shape index (κ2) is 8.45. The summed E-state index contributed by atoms with van der Waals surface area (Å²) in [4.78, 5) is 2.48. The van der Waals surface area contributed by atoms with Gasteiger partial charge in [0.2, 0.25) is 5.75 Å². The lowest BCUT2D eigenvalue weighted by molar-refractivity contribution is 0.183. The molecule has 6 heteroatoms. The molecule has 0 saturated carbocycles. The van der Waals surface area contributed by atoms with Crippen molar-refractivity contribution in [2.24, 2.45) is 0 Å². The zero-order valence-corrected chi connectivity index (χ0v) is 16.1. The molecule has 0 bridgehead atoms. The fraction of sp³-hybridized carbons (Fsp3) is 0.550. The third kappa shape index (κ3) is 3.96. The Balaban J connectivity index is 1.89. The van der Waals surface area contributed by atoms with Gasteiger partial charge in [-0.15, -0.1) is 0 Å². The van der Waals surface area contributed by atoms with E-state index in [1.807, 2.05) is 19.1 Å².